The van der Waals surface area contributed by atoms with E-state index in [1.165, 1.54) is 38.5 Å². The third-order valence-corrected chi connectivity index (χ3v) is 9.92. The third-order valence-electron chi connectivity index (χ3n) is 9.92. The van der Waals surface area contributed by atoms with Crippen LogP contribution in [0.2, 0.25) is 0 Å². The van der Waals surface area contributed by atoms with Crippen LogP contribution in [0, 0.1) is 35.5 Å². The number of rotatable bonds is 5. The fourth-order valence-electron chi connectivity index (χ4n) is 8.36. The molecule has 4 bridgehead atoms. The number of aromatic amines is 1. The van der Waals surface area contributed by atoms with Crippen molar-refractivity contribution < 1.29 is 9.59 Å². The summed E-state index contributed by atoms with van der Waals surface area (Å²) in [6, 6.07) is 14.3. The molecule has 5 aliphatic rings. The molecule has 5 saturated carbocycles. The van der Waals surface area contributed by atoms with Crippen LogP contribution in [-0.4, -0.2) is 16.8 Å². The van der Waals surface area contributed by atoms with Crippen LogP contribution in [0.4, 0.5) is 11.4 Å². The van der Waals surface area contributed by atoms with Gasteiger partial charge in [-0.05, 0) is 105 Å². The number of carbonyl (C=O) groups is 2. The normalized spacial score (nSPS) is 28.9. The van der Waals surface area contributed by atoms with Crippen LogP contribution in [0.15, 0.2) is 48.7 Å². The summed E-state index contributed by atoms with van der Waals surface area (Å²) in [5, 5.41) is 7.49. The molecule has 0 unspecified atom stereocenters. The Morgan fingerprint density at radius 1 is 0.730 bits per heavy atom. The molecule has 2 aromatic carbocycles. The van der Waals surface area contributed by atoms with E-state index in [-0.39, 0.29) is 23.7 Å². The predicted octanol–water partition coefficient (Wildman–Crippen LogP) is 7.36. The quantitative estimate of drug-likeness (QED) is 0.346. The molecule has 5 heteroatoms. The first-order valence-corrected chi connectivity index (χ1v) is 14.4. The van der Waals surface area contributed by atoms with Crippen LogP contribution in [0.25, 0.3) is 22.0 Å². The van der Waals surface area contributed by atoms with Crippen molar-refractivity contribution >= 4 is 34.1 Å². The first kappa shape index (κ1) is 23.1. The molecule has 5 fully saturated rings. The Balaban J connectivity index is 1.06. The lowest BCUT2D eigenvalue weighted by atomic mass is 9.51. The van der Waals surface area contributed by atoms with Gasteiger partial charge in [0.05, 0.1) is 0 Å². The van der Waals surface area contributed by atoms with Gasteiger partial charge in [-0.15, -0.1) is 0 Å². The Labute approximate surface area is 218 Å². The number of nitrogens with one attached hydrogen (secondary N) is 3. The van der Waals surface area contributed by atoms with Gasteiger partial charge in [-0.2, -0.15) is 0 Å². The van der Waals surface area contributed by atoms with E-state index in [0.29, 0.717) is 11.8 Å². The largest absolute Gasteiger partial charge is 0.361 e. The zero-order chi connectivity index (χ0) is 24.9. The van der Waals surface area contributed by atoms with Crippen molar-refractivity contribution in [1.82, 2.24) is 4.98 Å². The number of hydrogen-bond donors (Lipinski definition) is 3. The summed E-state index contributed by atoms with van der Waals surface area (Å²) in [5.41, 5.74) is 4.97. The monoisotopic (exact) mass is 495 g/mol. The molecule has 37 heavy (non-hydrogen) atoms. The van der Waals surface area contributed by atoms with Gasteiger partial charge in [0, 0.05) is 45.9 Å². The van der Waals surface area contributed by atoms with Crippen LogP contribution in [0.3, 0.4) is 0 Å². The highest BCUT2D eigenvalue weighted by Gasteiger charge is 2.50. The van der Waals surface area contributed by atoms with Crippen LogP contribution in [-0.2, 0) is 9.59 Å². The zero-order valence-electron chi connectivity index (χ0n) is 21.5. The molecule has 1 aromatic heterocycles. The number of H-pyrrole nitrogens is 1. The van der Waals surface area contributed by atoms with Crippen molar-refractivity contribution in [2.24, 2.45) is 35.5 Å². The molecule has 0 spiro atoms. The molecule has 0 radical (unpaired) electrons. The summed E-state index contributed by atoms with van der Waals surface area (Å²) in [7, 11) is 0. The molecule has 0 aliphatic heterocycles. The Morgan fingerprint density at radius 2 is 1.38 bits per heavy atom. The van der Waals surface area contributed by atoms with E-state index in [4.69, 9.17) is 0 Å². The number of amides is 2. The number of aromatic nitrogens is 1. The number of fused-ring (bicyclic) bond motifs is 1. The van der Waals surface area contributed by atoms with Gasteiger partial charge < -0.3 is 15.6 Å². The lowest BCUT2D eigenvalue weighted by Crippen LogP contribution is -2.49. The van der Waals surface area contributed by atoms with Crippen molar-refractivity contribution in [2.45, 2.75) is 64.2 Å². The summed E-state index contributed by atoms with van der Waals surface area (Å²) in [6.07, 6.45) is 14.0. The third kappa shape index (κ3) is 4.36. The summed E-state index contributed by atoms with van der Waals surface area (Å²) in [6.45, 7) is 0. The summed E-state index contributed by atoms with van der Waals surface area (Å²) in [5.74, 6) is 3.65. The molecule has 192 valence electrons. The van der Waals surface area contributed by atoms with Crippen LogP contribution in [0.1, 0.15) is 64.2 Å². The molecule has 5 aliphatic carbocycles. The van der Waals surface area contributed by atoms with Gasteiger partial charge in [-0.25, -0.2) is 0 Å². The van der Waals surface area contributed by atoms with Gasteiger partial charge in [0.25, 0.3) is 0 Å². The van der Waals surface area contributed by atoms with E-state index in [0.717, 1.165) is 70.9 Å². The molecular formula is C32H37N3O2. The minimum absolute atomic E-state index is 0.136. The summed E-state index contributed by atoms with van der Waals surface area (Å²) >= 11 is 0. The van der Waals surface area contributed by atoms with Crippen molar-refractivity contribution in [3.05, 3.63) is 48.7 Å². The van der Waals surface area contributed by atoms with Gasteiger partial charge in [0.2, 0.25) is 11.8 Å². The SMILES string of the molecule is O=C(Nc1ccc2[nH]cc(-c3ccc(NC(=O)C4C5CC6CC(C5)CC4C6)cc3)c2c1)C1CCCCC1. The average molecular weight is 496 g/mol. The Kier molecular flexibility index (Phi) is 5.82. The molecule has 8 rings (SSSR count). The van der Waals surface area contributed by atoms with Crippen molar-refractivity contribution in [3.63, 3.8) is 0 Å². The van der Waals surface area contributed by atoms with E-state index < -0.39 is 0 Å². The highest BCUT2D eigenvalue weighted by molar-refractivity contribution is 6.01. The second-order valence-electron chi connectivity index (χ2n) is 12.3. The summed E-state index contributed by atoms with van der Waals surface area (Å²) in [4.78, 5) is 29.4. The van der Waals surface area contributed by atoms with E-state index in [1.807, 2.05) is 30.5 Å². The van der Waals surface area contributed by atoms with E-state index in [2.05, 4.69) is 33.8 Å². The maximum atomic E-state index is 13.3. The van der Waals surface area contributed by atoms with Gasteiger partial charge in [0.1, 0.15) is 0 Å². The molecule has 3 N–H and O–H groups in total. The first-order chi connectivity index (χ1) is 18.1. The fourth-order valence-corrected chi connectivity index (χ4v) is 8.36. The first-order valence-electron chi connectivity index (χ1n) is 14.4. The molecular weight excluding hydrogens is 458 g/mol. The highest BCUT2D eigenvalue weighted by Crippen LogP contribution is 2.56. The Hall–Kier alpha value is -3.08. The average Bonchev–Trinajstić information content (AvgIpc) is 3.32. The maximum Gasteiger partial charge on any atom is 0.228 e. The van der Waals surface area contributed by atoms with Crippen LogP contribution >= 0.6 is 0 Å². The lowest BCUT2D eigenvalue weighted by Gasteiger charge is -2.53. The highest BCUT2D eigenvalue weighted by atomic mass is 16.2. The minimum Gasteiger partial charge on any atom is -0.361 e. The van der Waals surface area contributed by atoms with Crippen LogP contribution in [0.5, 0.6) is 0 Å². The van der Waals surface area contributed by atoms with Gasteiger partial charge in [-0.3, -0.25) is 9.59 Å². The zero-order valence-corrected chi connectivity index (χ0v) is 21.5. The van der Waals surface area contributed by atoms with Crippen molar-refractivity contribution in [2.75, 3.05) is 10.6 Å². The maximum absolute atomic E-state index is 13.3. The molecule has 5 nitrogen and oxygen atoms in total. The standard InChI is InChI=1S/C32H37N3O2/c36-31(22-4-2-1-3-5-22)35-26-10-11-29-27(17-26)28(18-33-29)21-6-8-25(9-7-21)34-32(37)30-23-13-19-12-20(15-23)16-24(30)14-19/h6-11,17-20,22-24,30,33H,1-5,12-16H2,(H,34,37)(H,35,36). The Bertz CT molecular complexity index is 1290. The fraction of sp³-hybridized carbons (Fsp3) is 0.500. The molecule has 0 atom stereocenters. The summed E-state index contributed by atoms with van der Waals surface area (Å²) < 4.78 is 0. The molecule has 2 amide bonds. The van der Waals surface area contributed by atoms with E-state index in [1.54, 1.807) is 0 Å². The van der Waals surface area contributed by atoms with Gasteiger partial charge >= 0.3 is 0 Å². The molecule has 0 saturated heterocycles. The Morgan fingerprint density at radius 3 is 2.08 bits per heavy atom. The minimum atomic E-state index is 0.136. The smallest absolute Gasteiger partial charge is 0.228 e. The number of anilines is 2. The van der Waals surface area contributed by atoms with E-state index in [9.17, 15) is 9.59 Å². The molecule has 3 aromatic rings. The number of hydrogen-bond acceptors (Lipinski definition) is 2. The van der Waals surface area contributed by atoms with E-state index >= 15 is 0 Å². The molecule has 1 heterocycles. The van der Waals surface area contributed by atoms with Crippen molar-refractivity contribution in [1.29, 1.82) is 0 Å². The van der Waals surface area contributed by atoms with Gasteiger partial charge in [0.15, 0.2) is 0 Å². The predicted molar refractivity (Wildman–Crippen MR) is 148 cm³/mol. The topological polar surface area (TPSA) is 74.0 Å². The second-order valence-corrected chi connectivity index (χ2v) is 12.3. The number of benzene rings is 2. The second kappa shape index (κ2) is 9.34. The van der Waals surface area contributed by atoms with Gasteiger partial charge in [-0.1, -0.05) is 31.4 Å². The number of carbonyl (C=O) groups excluding carboxylic acids is 2. The van der Waals surface area contributed by atoms with Crippen LogP contribution < -0.4 is 10.6 Å². The van der Waals surface area contributed by atoms with Crippen molar-refractivity contribution in [3.8, 4) is 11.1 Å². The lowest BCUT2D eigenvalue weighted by molar-refractivity contribution is -0.132.